The lowest BCUT2D eigenvalue weighted by molar-refractivity contribution is -0.123. The second-order valence-corrected chi connectivity index (χ2v) is 7.62. The molecule has 0 radical (unpaired) electrons. The molecule has 0 bridgehead atoms. The predicted molar refractivity (Wildman–Crippen MR) is 100 cm³/mol. The number of benzene rings is 1. The van der Waals surface area contributed by atoms with E-state index in [4.69, 9.17) is 4.74 Å². The Morgan fingerprint density at radius 1 is 1.16 bits per heavy atom. The Morgan fingerprint density at radius 3 is 2.64 bits per heavy atom. The molecule has 1 aromatic rings. The topological polar surface area (TPSA) is 44.8 Å². The maximum Gasteiger partial charge on any atom is 0.258 e. The third-order valence-corrected chi connectivity index (χ3v) is 5.64. The van der Waals surface area contributed by atoms with E-state index in [2.05, 4.69) is 36.0 Å². The molecule has 2 saturated heterocycles. The number of ether oxygens (including phenoxy) is 1. The molecule has 0 unspecified atom stereocenters. The molecule has 2 heterocycles. The highest BCUT2D eigenvalue weighted by atomic mass is 16.5. The number of nitrogens with one attached hydrogen (secondary N) is 1. The quantitative estimate of drug-likeness (QED) is 0.886. The van der Waals surface area contributed by atoms with Gasteiger partial charge in [0.1, 0.15) is 5.75 Å². The molecule has 25 heavy (non-hydrogen) atoms. The smallest absolute Gasteiger partial charge is 0.258 e. The minimum absolute atomic E-state index is 0.0199. The van der Waals surface area contributed by atoms with Crippen molar-refractivity contribution in [2.24, 2.45) is 0 Å². The number of carbonyl (C=O) groups is 1. The summed E-state index contributed by atoms with van der Waals surface area (Å²) in [7, 11) is 2.19. The van der Waals surface area contributed by atoms with Crippen LogP contribution in [0.2, 0.25) is 0 Å². The van der Waals surface area contributed by atoms with E-state index in [0.29, 0.717) is 6.04 Å². The third kappa shape index (κ3) is 4.95. The molecule has 2 aliphatic rings. The van der Waals surface area contributed by atoms with Gasteiger partial charge in [0.15, 0.2) is 6.61 Å². The van der Waals surface area contributed by atoms with Crippen molar-refractivity contribution in [1.82, 2.24) is 15.1 Å². The van der Waals surface area contributed by atoms with Crippen LogP contribution in [0.25, 0.3) is 0 Å². The summed E-state index contributed by atoms with van der Waals surface area (Å²) in [6.07, 6.45) is 3.53. The first-order chi connectivity index (χ1) is 12.0. The Labute approximate surface area is 151 Å². The first kappa shape index (κ1) is 18.2. The lowest BCUT2D eigenvalue weighted by atomic mass is 10.0. The van der Waals surface area contributed by atoms with Gasteiger partial charge in [0.05, 0.1) is 0 Å². The molecular weight excluding hydrogens is 314 g/mol. The fraction of sp³-hybridized carbons (Fsp3) is 0.650. The summed E-state index contributed by atoms with van der Waals surface area (Å²) >= 11 is 0. The van der Waals surface area contributed by atoms with Gasteiger partial charge in [0.25, 0.3) is 5.91 Å². The highest BCUT2D eigenvalue weighted by molar-refractivity contribution is 5.77. The van der Waals surface area contributed by atoms with Crippen LogP contribution in [0.3, 0.4) is 0 Å². The van der Waals surface area contributed by atoms with Crippen molar-refractivity contribution in [1.29, 1.82) is 0 Å². The zero-order chi connectivity index (χ0) is 17.8. The molecule has 2 aliphatic heterocycles. The Kier molecular flexibility index (Phi) is 5.97. The molecule has 138 valence electrons. The Hall–Kier alpha value is -1.59. The molecule has 5 heteroatoms. The molecule has 3 rings (SSSR count). The number of hydrogen-bond acceptors (Lipinski definition) is 4. The van der Waals surface area contributed by atoms with E-state index in [-0.39, 0.29) is 18.6 Å². The maximum atomic E-state index is 12.2. The number of hydrogen-bond donors (Lipinski definition) is 1. The molecule has 0 saturated carbocycles. The molecule has 1 atom stereocenters. The summed E-state index contributed by atoms with van der Waals surface area (Å²) < 4.78 is 5.64. The van der Waals surface area contributed by atoms with Crippen LogP contribution < -0.4 is 10.1 Å². The molecule has 0 spiro atoms. The molecule has 1 amide bonds. The van der Waals surface area contributed by atoms with Gasteiger partial charge in [-0.1, -0.05) is 6.07 Å². The predicted octanol–water partition coefficient (Wildman–Crippen LogP) is 1.97. The molecule has 1 N–H and O–H groups in total. The van der Waals surface area contributed by atoms with E-state index < -0.39 is 0 Å². The molecule has 0 aromatic heterocycles. The van der Waals surface area contributed by atoms with Gasteiger partial charge in [-0.15, -0.1) is 0 Å². The number of nitrogens with zero attached hydrogens (tertiary/aromatic N) is 2. The van der Waals surface area contributed by atoms with Crippen LogP contribution in [0.4, 0.5) is 0 Å². The second kappa shape index (κ2) is 8.19. The van der Waals surface area contributed by atoms with Gasteiger partial charge >= 0.3 is 0 Å². The van der Waals surface area contributed by atoms with Crippen molar-refractivity contribution in [3.05, 3.63) is 29.3 Å². The number of rotatable bonds is 5. The van der Waals surface area contributed by atoms with Crippen LogP contribution in [-0.4, -0.2) is 67.6 Å². The summed E-state index contributed by atoms with van der Waals surface area (Å²) in [6, 6.07) is 6.88. The van der Waals surface area contributed by atoms with Gasteiger partial charge in [-0.05, 0) is 76.5 Å². The average Bonchev–Trinajstić information content (AvgIpc) is 3.05. The van der Waals surface area contributed by atoms with Crippen molar-refractivity contribution < 1.29 is 9.53 Å². The summed E-state index contributed by atoms with van der Waals surface area (Å²) in [5.74, 6) is 0.742. The summed E-state index contributed by atoms with van der Waals surface area (Å²) in [4.78, 5) is 17.1. The van der Waals surface area contributed by atoms with E-state index in [9.17, 15) is 4.79 Å². The Balaban J connectivity index is 1.40. The van der Waals surface area contributed by atoms with Gasteiger partial charge < -0.3 is 15.0 Å². The van der Waals surface area contributed by atoms with Gasteiger partial charge in [0.2, 0.25) is 0 Å². The van der Waals surface area contributed by atoms with Crippen molar-refractivity contribution in [3.63, 3.8) is 0 Å². The highest BCUT2D eigenvalue weighted by Crippen LogP contribution is 2.21. The van der Waals surface area contributed by atoms with Gasteiger partial charge in [-0.3, -0.25) is 9.69 Å². The van der Waals surface area contributed by atoms with Crippen molar-refractivity contribution >= 4 is 5.91 Å². The summed E-state index contributed by atoms with van der Waals surface area (Å²) in [5, 5.41) is 3.14. The third-order valence-electron chi connectivity index (χ3n) is 5.64. The summed E-state index contributed by atoms with van der Waals surface area (Å²) in [5.41, 5.74) is 2.42. The fourth-order valence-electron chi connectivity index (χ4n) is 3.82. The average molecular weight is 345 g/mol. The van der Waals surface area contributed by atoms with Gasteiger partial charge in [0, 0.05) is 25.2 Å². The van der Waals surface area contributed by atoms with Gasteiger partial charge in [-0.25, -0.2) is 0 Å². The minimum atomic E-state index is -0.0199. The number of piperidine rings is 1. The zero-order valence-electron chi connectivity index (χ0n) is 15.8. The molecule has 2 fully saturated rings. The van der Waals surface area contributed by atoms with Crippen molar-refractivity contribution in [2.75, 3.05) is 39.8 Å². The lowest BCUT2D eigenvalue weighted by Crippen LogP contribution is -2.45. The fourth-order valence-corrected chi connectivity index (χ4v) is 3.82. The maximum absolute atomic E-state index is 12.2. The first-order valence-electron chi connectivity index (χ1n) is 9.43. The number of carbonyl (C=O) groups excluding carboxylic acids is 1. The van der Waals surface area contributed by atoms with Gasteiger partial charge in [-0.2, -0.15) is 0 Å². The SMILES string of the molecule is Cc1ccc(OCC(=O)N[C@@H]2CCN(C3CCN(C)CC3)C2)cc1C. The highest BCUT2D eigenvalue weighted by Gasteiger charge is 2.30. The van der Waals surface area contributed by atoms with E-state index in [1.54, 1.807) is 0 Å². The Morgan fingerprint density at radius 2 is 1.92 bits per heavy atom. The van der Waals surface area contributed by atoms with Crippen LogP contribution in [0.1, 0.15) is 30.4 Å². The number of amides is 1. The minimum Gasteiger partial charge on any atom is -0.484 e. The standard InChI is InChI=1S/C20H31N3O2/c1-15-4-5-19(12-16(15)2)25-14-20(24)21-17-6-11-23(13-17)18-7-9-22(3)10-8-18/h4-5,12,17-18H,6-11,13-14H2,1-3H3,(H,21,24)/t17-/m1/s1. The first-order valence-corrected chi connectivity index (χ1v) is 9.43. The molecule has 5 nitrogen and oxygen atoms in total. The van der Waals surface area contributed by atoms with Crippen LogP contribution >= 0.6 is 0 Å². The lowest BCUT2D eigenvalue weighted by Gasteiger charge is -2.35. The summed E-state index contributed by atoms with van der Waals surface area (Å²) in [6.45, 7) is 8.65. The van der Waals surface area contributed by atoms with Crippen LogP contribution in [0, 0.1) is 13.8 Å². The second-order valence-electron chi connectivity index (χ2n) is 7.62. The van der Waals surface area contributed by atoms with E-state index in [0.717, 1.165) is 25.3 Å². The number of aryl methyl sites for hydroxylation is 2. The zero-order valence-corrected chi connectivity index (χ0v) is 15.8. The van der Waals surface area contributed by atoms with E-state index in [1.165, 1.54) is 37.1 Å². The van der Waals surface area contributed by atoms with Crippen molar-refractivity contribution in [2.45, 2.75) is 45.2 Å². The largest absolute Gasteiger partial charge is 0.484 e. The van der Waals surface area contributed by atoms with Crippen molar-refractivity contribution in [3.8, 4) is 5.75 Å². The Bertz CT molecular complexity index is 597. The molecule has 1 aromatic carbocycles. The van der Waals surface area contributed by atoms with E-state index in [1.807, 2.05) is 18.2 Å². The molecular formula is C20H31N3O2. The number of likely N-dealkylation sites (tertiary alicyclic amines) is 2. The monoisotopic (exact) mass is 345 g/mol. The van der Waals surface area contributed by atoms with Crippen LogP contribution in [-0.2, 0) is 4.79 Å². The van der Waals surface area contributed by atoms with Crippen LogP contribution in [0.15, 0.2) is 18.2 Å². The van der Waals surface area contributed by atoms with Crippen LogP contribution in [0.5, 0.6) is 5.75 Å². The normalized spacial score (nSPS) is 22.9. The van der Waals surface area contributed by atoms with E-state index >= 15 is 0 Å². The molecule has 0 aliphatic carbocycles.